The maximum Gasteiger partial charge on any atom is 0.306 e. The van der Waals surface area contributed by atoms with Crippen molar-refractivity contribution in [1.29, 1.82) is 0 Å². The molecule has 474 valence electrons. The minimum atomic E-state index is -0.808. The standard InChI is InChI=1S/C77H130O6/c1-4-7-10-13-16-19-22-25-28-30-31-32-33-34-35-36-37-38-39-40-41-42-43-44-45-47-49-52-55-58-61-64-67-70-76(79)82-73-74(72-81-75(78)69-66-63-60-57-54-51-48-27-24-21-18-15-12-9-6-3)83-77(80)71-68-65-62-59-56-53-50-46-29-26-23-20-17-14-11-8-5-2/h7-8,10-11,16-17,19-20,25-26,28-29,31-32,34-35,50,53,59,62,74H,4-6,9,12-15,18,21-24,27,30,33,36-49,51-52,54-58,60-61,63-73H2,1-3H3/b10-7-,11-8-,19-16-,20-17-,28-25-,29-26-,32-31-,35-34-,53-50-,62-59-. The molecule has 0 aliphatic heterocycles. The predicted octanol–water partition coefficient (Wildman–Crippen LogP) is 24.3. The smallest absolute Gasteiger partial charge is 0.306 e. The summed E-state index contributed by atoms with van der Waals surface area (Å²) in [5.41, 5.74) is 0. The van der Waals surface area contributed by atoms with E-state index in [-0.39, 0.29) is 37.5 Å². The van der Waals surface area contributed by atoms with Crippen molar-refractivity contribution in [2.24, 2.45) is 0 Å². The zero-order chi connectivity index (χ0) is 59.9. The minimum Gasteiger partial charge on any atom is -0.462 e. The summed E-state index contributed by atoms with van der Waals surface area (Å²) in [6.45, 7) is 6.40. The monoisotopic (exact) mass is 1150 g/mol. The van der Waals surface area contributed by atoms with E-state index in [0.29, 0.717) is 19.3 Å². The summed E-state index contributed by atoms with van der Waals surface area (Å²) in [5, 5.41) is 0. The molecule has 0 saturated carbocycles. The van der Waals surface area contributed by atoms with E-state index in [1.807, 2.05) is 0 Å². The van der Waals surface area contributed by atoms with E-state index in [1.165, 1.54) is 173 Å². The number of allylic oxidation sites excluding steroid dienone is 20. The van der Waals surface area contributed by atoms with Crippen molar-refractivity contribution in [3.8, 4) is 0 Å². The highest BCUT2D eigenvalue weighted by Gasteiger charge is 2.19. The number of hydrogen-bond acceptors (Lipinski definition) is 6. The SMILES string of the molecule is CC/C=C\C/C=C\C/C=C\C/C=C\C/C=C\CCCCCCCCCCCCCCCCCCCC(=O)OCC(COC(=O)CCCCCCCCCCCCCCCCC)OC(=O)CCC/C=C\C/C=C\C/C=C\C/C=C\C/C=C\CC. The highest BCUT2D eigenvalue weighted by Crippen LogP contribution is 2.17. The van der Waals surface area contributed by atoms with Crippen molar-refractivity contribution in [1.82, 2.24) is 0 Å². The van der Waals surface area contributed by atoms with Crippen LogP contribution < -0.4 is 0 Å². The van der Waals surface area contributed by atoms with Gasteiger partial charge in [0.2, 0.25) is 0 Å². The molecule has 0 bridgehead atoms. The molecule has 0 aliphatic rings. The Hall–Kier alpha value is -4.19. The van der Waals surface area contributed by atoms with E-state index in [0.717, 1.165) is 109 Å². The van der Waals surface area contributed by atoms with Gasteiger partial charge in [-0.3, -0.25) is 14.4 Å². The van der Waals surface area contributed by atoms with Gasteiger partial charge in [0.25, 0.3) is 0 Å². The lowest BCUT2D eigenvalue weighted by Gasteiger charge is -2.18. The molecule has 0 saturated heterocycles. The number of carbonyl (C=O) groups excluding carboxylic acids is 3. The largest absolute Gasteiger partial charge is 0.462 e. The van der Waals surface area contributed by atoms with Gasteiger partial charge in [0.1, 0.15) is 13.2 Å². The third-order valence-corrected chi connectivity index (χ3v) is 15.0. The summed E-state index contributed by atoms with van der Waals surface area (Å²) >= 11 is 0. The van der Waals surface area contributed by atoms with Crippen LogP contribution in [0.25, 0.3) is 0 Å². The summed E-state index contributed by atoms with van der Waals surface area (Å²) in [6.07, 6.45) is 98.1. The number of carbonyl (C=O) groups is 3. The fourth-order valence-electron chi connectivity index (χ4n) is 9.80. The molecular weight excluding hydrogens is 1020 g/mol. The molecule has 0 aromatic carbocycles. The van der Waals surface area contributed by atoms with E-state index in [9.17, 15) is 14.4 Å². The number of rotatable bonds is 63. The van der Waals surface area contributed by atoms with Crippen LogP contribution in [0.5, 0.6) is 0 Å². The van der Waals surface area contributed by atoms with Crippen molar-refractivity contribution in [3.05, 3.63) is 122 Å². The number of hydrogen-bond donors (Lipinski definition) is 0. The third kappa shape index (κ3) is 68.5. The average molecular weight is 1150 g/mol. The van der Waals surface area contributed by atoms with Crippen molar-refractivity contribution in [2.75, 3.05) is 13.2 Å². The molecule has 0 heterocycles. The first-order valence-electron chi connectivity index (χ1n) is 35.0. The Kier molecular flexibility index (Phi) is 66.7. The zero-order valence-corrected chi connectivity index (χ0v) is 54.4. The highest BCUT2D eigenvalue weighted by molar-refractivity contribution is 5.71. The molecule has 6 nitrogen and oxygen atoms in total. The molecule has 1 unspecified atom stereocenters. The van der Waals surface area contributed by atoms with Gasteiger partial charge in [-0.15, -0.1) is 0 Å². The van der Waals surface area contributed by atoms with Gasteiger partial charge in [-0.05, 0) is 103 Å². The van der Waals surface area contributed by atoms with Gasteiger partial charge in [-0.1, -0.05) is 328 Å². The molecule has 1 atom stereocenters. The Morgan fingerprint density at radius 2 is 0.482 bits per heavy atom. The molecule has 0 fully saturated rings. The van der Waals surface area contributed by atoms with Crippen LogP contribution in [-0.4, -0.2) is 37.2 Å². The lowest BCUT2D eigenvalue weighted by atomic mass is 10.0. The van der Waals surface area contributed by atoms with Crippen molar-refractivity contribution in [3.63, 3.8) is 0 Å². The summed E-state index contributed by atoms with van der Waals surface area (Å²) in [5.74, 6) is -0.943. The van der Waals surface area contributed by atoms with E-state index in [2.05, 4.69) is 142 Å². The Morgan fingerprint density at radius 1 is 0.253 bits per heavy atom. The van der Waals surface area contributed by atoms with Gasteiger partial charge in [0, 0.05) is 19.3 Å². The number of unbranched alkanes of at least 4 members (excludes halogenated alkanes) is 32. The molecule has 0 aromatic rings. The molecular formula is C77H130O6. The molecule has 0 N–H and O–H groups in total. The normalized spacial score (nSPS) is 12.9. The Labute approximate surface area is 513 Å². The Balaban J connectivity index is 4.25. The van der Waals surface area contributed by atoms with Gasteiger partial charge in [-0.25, -0.2) is 0 Å². The van der Waals surface area contributed by atoms with Crippen molar-refractivity contribution in [2.45, 2.75) is 335 Å². The average Bonchev–Trinajstić information content (AvgIpc) is 3.49. The molecule has 0 aromatic heterocycles. The first kappa shape index (κ1) is 78.8. The second-order valence-corrected chi connectivity index (χ2v) is 23.0. The number of esters is 3. The summed E-state index contributed by atoms with van der Waals surface area (Å²) in [6, 6.07) is 0. The highest BCUT2D eigenvalue weighted by atomic mass is 16.6. The maximum absolute atomic E-state index is 12.9. The van der Waals surface area contributed by atoms with E-state index in [1.54, 1.807) is 0 Å². The van der Waals surface area contributed by atoms with Crippen LogP contribution in [0.3, 0.4) is 0 Å². The molecule has 0 spiro atoms. The van der Waals surface area contributed by atoms with Crippen molar-refractivity contribution < 1.29 is 28.6 Å². The van der Waals surface area contributed by atoms with E-state index in [4.69, 9.17) is 14.2 Å². The lowest BCUT2D eigenvalue weighted by Crippen LogP contribution is -2.30. The third-order valence-electron chi connectivity index (χ3n) is 15.0. The van der Waals surface area contributed by atoms with Crippen LogP contribution in [0.1, 0.15) is 329 Å². The topological polar surface area (TPSA) is 78.9 Å². The molecule has 0 radical (unpaired) electrons. The zero-order valence-electron chi connectivity index (χ0n) is 54.4. The van der Waals surface area contributed by atoms with Crippen molar-refractivity contribution >= 4 is 17.9 Å². The minimum absolute atomic E-state index is 0.0975. The van der Waals surface area contributed by atoms with E-state index < -0.39 is 6.10 Å². The molecule has 0 aliphatic carbocycles. The Bertz CT molecular complexity index is 1700. The number of ether oxygens (including phenoxy) is 3. The van der Waals surface area contributed by atoms with Crippen LogP contribution in [0.15, 0.2) is 122 Å². The van der Waals surface area contributed by atoms with Gasteiger partial charge in [-0.2, -0.15) is 0 Å². The summed E-state index contributed by atoms with van der Waals surface area (Å²) in [4.78, 5) is 38.4. The van der Waals surface area contributed by atoms with Gasteiger partial charge >= 0.3 is 17.9 Å². The molecule has 0 rings (SSSR count). The Morgan fingerprint density at radius 3 is 0.771 bits per heavy atom. The van der Waals surface area contributed by atoms with E-state index >= 15 is 0 Å². The first-order valence-corrected chi connectivity index (χ1v) is 35.0. The van der Waals surface area contributed by atoms with Crippen LogP contribution >= 0.6 is 0 Å². The van der Waals surface area contributed by atoms with Crippen LogP contribution in [0.2, 0.25) is 0 Å². The predicted molar refractivity (Wildman–Crippen MR) is 362 cm³/mol. The van der Waals surface area contributed by atoms with Crippen LogP contribution in [0, 0.1) is 0 Å². The van der Waals surface area contributed by atoms with Crippen LogP contribution in [0.4, 0.5) is 0 Å². The second kappa shape index (κ2) is 70.3. The quantitative estimate of drug-likeness (QED) is 0.0261. The van der Waals surface area contributed by atoms with Gasteiger partial charge < -0.3 is 14.2 Å². The van der Waals surface area contributed by atoms with Gasteiger partial charge in [0.05, 0.1) is 0 Å². The molecule has 83 heavy (non-hydrogen) atoms. The summed E-state index contributed by atoms with van der Waals surface area (Å²) < 4.78 is 16.9. The van der Waals surface area contributed by atoms with Crippen LogP contribution in [-0.2, 0) is 28.6 Å². The fraction of sp³-hybridized carbons (Fsp3) is 0.701. The summed E-state index contributed by atoms with van der Waals surface area (Å²) in [7, 11) is 0. The fourth-order valence-corrected chi connectivity index (χ4v) is 9.80. The second-order valence-electron chi connectivity index (χ2n) is 23.0. The lowest BCUT2D eigenvalue weighted by molar-refractivity contribution is -0.167. The van der Waals surface area contributed by atoms with Gasteiger partial charge in [0.15, 0.2) is 6.10 Å². The first-order chi connectivity index (χ1) is 41.0. The molecule has 0 amide bonds. The maximum atomic E-state index is 12.9. The molecule has 6 heteroatoms.